The molecule has 158 valence electrons. The summed E-state index contributed by atoms with van der Waals surface area (Å²) in [4.78, 5) is 2.40. The molecule has 0 amide bonds. The van der Waals surface area contributed by atoms with Gasteiger partial charge in [-0.05, 0) is 54.8 Å². The minimum absolute atomic E-state index is 0.472. The fraction of sp³-hybridized carbons (Fsp3) is 0.333. The van der Waals surface area contributed by atoms with Crippen molar-refractivity contribution < 1.29 is 9.47 Å². The first-order valence-corrected chi connectivity index (χ1v) is 10.8. The van der Waals surface area contributed by atoms with E-state index in [2.05, 4.69) is 85.6 Å². The number of nitrogens with zero attached hydrogens (tertiary/aromatic N) is 1. The molecule has 0 spiro atoms. The molecule has 0 radical (unpaired) electrons. The number of hydrogen-bond donors (Lipinski definition) is 0. The first-order valence-electron chi connectivity index (χ1n) is 10.8. The summed E-state index contributed by atoms with van der Waals surface area (Å²) in [6.45, 7) is 3.82. The molecule has 1 unspecified atom stereocenters. The molecule has 3 nitrogen and oxygen atoms in total. The van der Waals surface area contributed by atoms with Crippen LogP contribution in [0.3, 0.4) is 0 Å². The van der Waals surface area contributed by atoms with Crippen LogP contribution in [-0.2, 0) is 12.8 Å². The number of methoxy groups -OCH3 is 1. The highest BCUT2D eigenvalue weighted by Gasteiger charge is 2.14. The molecule has 1 atom stereocenters. The van der Waals surface area contributed by atoms with Gasteiger partial charge in [0.05, 0.1) is 7.11 Å². The van der Waals surface area contributed by atoms with Gasteiger partial charge in [0.1, 0.15) is 18.1 Å². The third kappa shape index (κ3) is 6.36. The van der Waals surface area contributed by atoms with Gasteiger partial charge in [0.15, 0.2) is 0 Å². The summed E-state index contributed by atoms with van der Waals surface area (Å²) in [7, 11) is 3.91. The highest BCUT2D eigenvalue weighted by molar-refractivity contribution is 5.37. The second kappa shape index (κ2) is 11.4. The Morgan fingerprint density at radius 3 is 2.37 bits per heavy atom. The van der Waals surface area contributed by atoms with Gasteiger partial charge in [-0.25, -0.2) is 0 Å². The normalized spacial score (nSPS) is 12.0. The molecule has 3 aromatic rings. The first-order chi connectivity index (χ1) is 14.7. The van der Waals surface area contributed by atoms with Crippen LogP contribution >= 0.6 is 0 Å². The molecule has 3 rings (SSSR count). The van der Waals surface area contributed by atoms with Crippen LogP contribution in [0.5, 0.6) is 11.5 Å². The van der Waals surface area contributed by atoms with E-state index in [4.69, 9.17) is 9.47 Å². The predicted octanol–water partition coefficient (Wildman–Crippen LogP) is 5.62. The molecule has 0 saturated carbocycles. The molecule has 0 saturated heterocycles. The van der Waals surface area contributed by atoms with E-state index >= 15 is 0 Å². The fourth-order valence-corrected chi connectivity index (χ4v) is 3.77. The van der Waals surface area contributed by atoms with Crippen molar-refractivity contribution in [1.82, 2.24) is 4.90 Å². The average Bonchev–Trinajstić information content (AvgIpc) is 2.79. The van der Waals surface area contributed by atoms with E-state index in [-0.39, 0.29) is 0 Å². The molecule has 30 heavy (non-hydrogen) atoms. The zero-order valence-corrected chi connectivity index (χ0v) is 18.4. The Kier molecular flexibility index (Phi) is 8.34. The Hall–Kier alpha value is -2.78. The molecule has 0 aliphatic rings. The van der Waals surface area contributed by atoms with Gasteiger partial charge < -0.3 is 9.47 Å². The van der Waals surface area contributed by atoms with Crippen molar-refractivity contribution in [2.24, 2.45) is 0 Å². The highest BCUT2D eigenvalue weighted by atomic mass is 16.5. The Morgan fingerprint density at radius 2 is 1.60 bits per heavy atom. The Bertz CT molecular complexity index is 894. The van der Waals surface area contributed by atoms with Gasteiger partial charge in [-0.2, -0.15) is 0 Å². The highest BCUT2D eigenvalue weighted by Crippen LogP contribution is 2.22. The number of benzene rings is 3. The molecule has 3 heteroatoms. The largest absolute Gasteiger partial charge is 0.497 e. The lowest BCUT2D eigenvalue weighted by atomic mass is 10.0. The van der Waals surface area contributed by atoms with Gasteiger partial charge in [0, 0.05) is 19.0 Å². The molecular weight excluding hydrogens is 370 g/mol. The summed E-state index contributed by atoms with van der Waals surface area (Å²) in [5, 5.41) is 0. The Balaban J connectivity index is 1.55. The molecule has 0 fully saturated rings. The molecule has 0 aliphatic heterocycles. The lowest BCUT2D eigenvalue weighted by Crippen LogP contribution is -2.36. The quantitative estimate of drug-likeness (QED) is 0.415. The van der Waals surface area contributed by atoms with Crippen LogP contribution in [0, 0.1) is 0 Å². The zero-order valence-electron chi connectivity index (χ0n) is 18.4. The fourth-order valence-electron chi connectivity index (χ4n) is 3.77. The maximum atomic E-state index is 6.20. The van der Waals surface area contributed by atoms with Crippen molar-refractivity contribution in [3.63, 3.8) is 0 Å². The third-order valence-electron chi connectivity index (χ3n) is 5.61. The minimum Gasteiger partial charge on any atom is -0.497 e. The topological polar surface area (TPSA) is 21.7 Å². The third-order valence-corrected chi connectivity index (χ3v) is 5.61. The van der Waals surface area contributed by atoms with Crippen LogP contribution in [-0.4, -0.2) is 38.3 Å². The predicted molar refractivity (Wildman–Crippen MR) is 125 cm³/mol. The smallest absolute Gasteiger partial charge is 0.122 e. The molecule has 0 aliphatic carbocycles. The number of likely N-dealkylation sites (N-methyl/N-ethyl adjacent to an activating group) is 1. The summed E-state index contributed by atoms with van der Waals surface area (Å²) in [5.74, 6) is 1.90. The summed E-state index contributed by atoms with van der Waals surface area (Å²) >= 11 is 0. The first kappa shape index (κ1) is 21.9. The zero-order chi connectivity index (χ0) is 21.2. The maximum absolute atomic E-state index is 6.20. The van der Waals surface area contributed by atoms with E-state index in [0.717, 1.165) is 37.3 Å². The van der Waals surface area contributed by atoms with Gasteiger partial charge in [-0.1, -0.05) is 67.6 Å². The van der Waals surface area contributed by atoms with Crippen molar-refractivity contribution in [3.05, 3.63) is 95.6 Å². The van der Waals surface area contributed by atoms with Gasteiger partial charge in [0.25, 0.3) is 0 Å². The summed E-state index contributed by atoms with van der Waals surface area (Å²) in [5.41, 5.74) is 3.84. The van der Waals surface area contributed by atoms with Crippen molar-refractivity contribution in [2.75, 3.05) is 27.3 Å². The summed E-state index contributed by atoms with van der Waals surface area (Å²) in [6.07, 6.45) is 2.99. The second-order valence-electron chi connectivity index (χ2n) is 7.72. The van der Waals surface area contributed by atoms with Crippen molar-refractivity contribution in [2.45, 2.75) is 32.2 Å². The molecular formula is C27H33NO2. The van der Waals surface area contributed by atoms with Gasteiger partial charge in [0.2, 0.25) is 0 Å². The van der Waals surface area contributed by atoms with Crippen LogP contribution in [0.1, 0.15) is 30.0 Å². The van der Waals surface area contributed by atoms with Crippen molar-refractivity contribution >= 4 is 0 Å². The summed E-state index contributed by atoms with van der Waals surface area (Å²) < 4.78 is 11.6. The standard InChI is InChI=1S/C27H33NO2/c1-4-25(20-23-13-10-15-26(21-23)29-3)28(2)17-18-30-27-16-9-8-14-24(27)19-22-11-6-5-7-12-22/h5-16,21,25H,4,17-20H2,1-3H3. The van der Waals surface area contributed by atoms with E-state index in [9.17, 15) is 0 Å². The van der Waals surface area contributed by atoms with Gasteiger partial charge in [-0.15, -0.1) is 0 Å². The van der Waals surface area contributed by atoms with Crippen molar-refractivity contribution in [3.8, 4) is 11.5 Å². The van der Waals surface area contributed by atoms with Crippen molar-refractivity contribution in [1.29, 1.82) is 0 Å². The summed E-state index contributed by atoms with van der Waals surface area (Å²) in [6, 6.07) is 27.7. The molecule has 0 bridgehead atoms. The molecule has 0 aromatic heterocycles. The lowest BCUT2D eigenvalue weighted by Gasteiger charge is -2.27. The average molecular weight is 404 g/mol. The van der Waals surface area contributed by atoms with Crippen LogP contribution in [0.15, 0.2) is 78.9 Å². The van der Waals surface area contributed by atoms with E-state index in [1.54, 1.807) is 7.11 Å². The van der Waals surface area contributed by atoms with Crippen LogP contribution in [0.25, 0.3) is 0 Å². The monoisotopic (exact) mass is 403 g/mol. The van der Waals surface area contributed by atoms with E-state index in [1.165, 1.54) is 16.7 Å². The van der Waals surface area contributed by atoms with E-state index in [0.29, 0.717) is 12.6 Å². The maximum Gasteiger partial charge on any atom is 0.122 e. The molecule has 0 N–H and O–H groups in total. The van der Waals surface area contributed by atoms with Gasteiger partial charge >= 0.3 is 0 Å². The van der Waals surface area contributed by atoms with Gasteiger partial charge in [-0.3, -0.25) is 4.90 Å². The van der Waals surface area contributed by atoms with Crippen LogP contribution in [0.2, 0.25) is 0 Å². The van der Waals surface area contributed by atoms with E-state index < -0.39 is 0 Å². The lowest BCUT2D eigenvalue weighted by molar-refractivity contribution is 0.185. The minimum atomic E-state index is 0.472. The van der Waals surface area contributed by atoms with Crippen LogP contribution in [0.4, 0.5) is 0 Å². The second-order valence-corrected chi connectivity index (χ2v) is 7.72. The molecule has 0 heterocycles. The number of ether oxygens (including phenoxy) is 2. The Labute approximate surface area is 181 Å². The number of rotatable bonds is 11. The van der Waals surface area contributed by atoms with E-state index in [1.807, 2.05) is 12.1 Å². The number of para-hydroxylation sites is 1. The SMILES string of the molecule is CCC(Cc1cccc(OC)c1)N(C)CCOc1ccccc1Cc1ccccc1. The Morgan fingerprint density at radius 1 is 0.867 bits per heavy atom. The molecule has 3 aromatic carbocycles. The number of hydrogen-bond acceptors (Lipinski definition) is 3. The van der Waals surface area contributed by atoms with Crippen LogP contribution < -0.4 is 9.47 Å².